The number of pyridine rings is 1. The molecule has 0 saturated carbocycles. The van der Waals surface area contributed by atoms with Gasteiger partial charge in [0.25, 0.3) is 0 Å². The average molecular weight is 450 g/mol. The number of H-pyrrole nitrogens is 1. The summed E-state index contributed by atoms with van der Waals surface area (Å²) < 4.78 is 41.0. The van der Waals surface area contributed by atoms with Gasteiger partial charge in [-0.25, -0.2) is 4.98 Å². The van der Waals surface area contributed by atoms with Crippen LogP contribution in [0.3, 0.4) is 0 Å². The van der Waals surface area contributed by atoms with E-state index in [0.717, 1.165) is 17.2 Å². The predicted octanol–water partition coefficient (Wildman–Crippen LogP) is 3.95. The number of anilines is 1. The van der Waals surface area contributed by atoms with E-state index in [1.54, 1.807) is 4.57 Å². The van der Waals surface area contributed by atoms with Crippen molar-refractivity contribution in [3.63, 3.8) is 0 Å². The highest BCUT2D eigenvalue weighted by atomic mass is 32.1. The van der Waals surface area contributed by atoms with Crippen LogP contribution in [0, 0.1) is 11.7 Å². The Morgan fingerprint density at radius 3 is 2.77 bits per heavy atom. The lowest BCUT2D eigenvalue weighted by Crippen LogP contribution is -2.30. The fourth-order valence-corrected chi connectivity index (χ4v) is 3.21. The van der Waals surface area contributed by atoms with Gasteiger partial charge in [0.05, 0.1) is 5.56 Å². The van der Waals surface area contributed by atoms with Gasteiger partial charge in [-0.2, -0.15) is 18.3 Å². The first kappa shape index (κ1) is 22.5. The summed E-state index contributed by atoms with van der Waals surface area (Å²) >= 11 is 5.26. The van der Waals surface area contributed by atoms with Crippen LogP contribution >= 0.6 is 12.2 Å². The SMILES string of the molecule is Cc1cccc(-c2n[nH]c(=S)n2CCC(=O)NCCNc2ncccc2C(F)(F)F)c1. The Labute approximate surface area is 181 Å². The Balaban J connectivity index is 1.51. The molecule has 2 aromatic heterocycles. The Hall–Kier alpha value is -3.21. The number of hydrogen-bond donors (Lipinski definition) is 3. The molecule has 31 heavy (non-hydrogen) atoms. The zero-order valence-electron chi connectivity index (χ0n) is 16.7. The fraction of sp³-hybridized carbons (Fsp3) is 0.300. The van der Waals surface area contributed by atoms with Crippen molar-refractivity contribution in [3.8, 4) is 11.4 Å². The van der Waals surface area contributed by atoms with E-state index in [1.165, 1.54) is 12.3 Å². The quantitative estimate of drug-likeness (QED) is 0.357. The number of nitrogens with zero attached hydrogens (tertiary/aromatic N) is 3. The lowest BCUT2D eigenvalue weighted by molar-refractivity contribution is -0.137. The molecule has 0 aliphatic rings. The van der Waals surface area contributed by atoms with E-state index in [0.29, 0.717) is 17.1 Å². The number of halogens is 3. The van der Waals surface area contributed by atoms with E-state index < -0.39 is 11.7 Å². The lowest BCUT2D eigenvalue weighted by atomic mass is 10.1. The fourth-order valence-electron chi connectivity index (χ4n) is 2.99. The van der Waals surface area contributed by atoms with Crippen LogP contribution in [-0.4, -0.2) is 38.7 Å². The Bertz CT molecular complexity index is 1110. The van der Waals surface area contributed by atoms with E-state index in [1.807, 2.05) is 31.2 Å². The van der Waals surface area contributed by atoms with E-state index >= 15 is 0 Å². The first-order valence-corrected chi connectivity index (χ1v) is 9.91. The maximum atomic E-state index is 13.0. The zero-order chi connectivity index (χ0) is 22.4. The molecule has 0 saturated heterocycles. The number of rotatable bonds is 8. The number of aromatic amines is 1. The molecule has 0 bridgehead atoms. The predicted molar refractivity (Wildman–Crippen MR) is 113 cm³/mol. The Kier molecular flexibility index (Phi) is 7.06. The van der Waals surface area contributed by atoms with Gasteiger partial charge in [0.2, 0.25) is 5.91 Å². The molecule has 3 aromatic rings. The third-order valence-electron chi connectivity index (χ3n) is 4.45. The van der Waals surface area contributed by atoms with Crippen molar-refractivity contribution in [1.82, 2.24) is 25.1 Å². The van der Waals surface area contributed by atoms with Gasteiger partial charge >= 0.3 is 6.18 Å². The molecule has 0 unspecified atom stereocenters. The van der Waals surface area contributed by atoms with Crippen LogP contribution in [0.25, 0.3) is 11.4 Å². The second-order valence-electron chi connectivity index (χ2n) is 6.80. The maximum Gasteiger partial charge on any atom is 0.419 e. The maximum absolute atomic E-state index is 13.0. The van der Waals surface area contributed by atoms with E-state index in [2.05, 4.69) is 25.8 Å². The van der Waals surface area contributed by atoms with Crippen LogP contribution in [0.15, 0.2) is 42.6 Å². The number of carbonyl (C=O) groups excluding carboxylic acids is 1. The standard InChI is InChI=1S/C20H21F3N6OS/c1-13-4-2-5-14(12-13)18-27-28-19(31)29(18)11-7-16(30)24-9-10-26-17-15(20(21,22)23)6-3-8-25-17/h2-6,8,12H,7,9-11H2,1H3,(H,24,30)(H,25,26)(H,28,31). The van der Waals surface area contributed by atoms with Gasteiger partial charge in [-0.15, -0.1) is 0 Å². The summed E-state index contributed by atoms with van der Waals surface area (Å²) in [6.45, 7) is 2.54. The first-order chi connectivity index (χ1) is 14.8. The third-order valence-corrected chi connectivity index (χ3v) is 4.76. The summed E-state index contributed by atoms with van der Waals surface area (Å²) in [7, 11) is 0. The highest BCUT2D eigenvalue weighted by Crippen LogP contribution is 2.33. The second-order valence-corrected chi connectivity index (χ2v) is 7.18. The summed E-state index contributed by atoms with van der Waals surface area (Å²) in [5, 5.41) is 12.3. The van der Waals surface area contributed by atoms with Crippen molar-refractivity contribution in [2.45, 2.75) is 26.1 Å². The second kappa shape index (κ2) is 9.73. The lowest BCUT2D eigenvalue weighted by Gasteiger charge is -2.13. The number of aromatic nitrogens is 4. The number of amides is 1. The summed E-state index contributed by atoms with van der Waals surface area (Å²) in [6, 6.07) is 9.94. The normalized spacial score (nSPS) is 11.4. The number of carbonyl (C=O) groups is 1. The van der Waals surface area contributed by atoms with Crippen molar-refractivity contribution in [3.05, 3.63) is 58.5 Å². The molecule has 0 fully saturated rings. The van der Waals surface area contributed by atoms with Crippen LogP contribution in [-0.2, 0) is 17.5 Å². The van der Waals surface area contributed by atoms with Gasteiger partial charge in [0.15, 0.2) is 10.6 Å². The van der Waals surface area contributed by atoms with Crippen LogP contribution in [0.2, 0.25) is 0 Å². The minimum Gasteiger partial charge on any atom is -0.368 e. The monoisotopic (exact) mass is 450 g/mol. The minimum absolute atomic E-state index is 0.103. The molecule has 3 rings (SSSR count). The largest absolute Gasteiger partial charge is 0.419 e. The number of hydrogen-bond acceptors (Lipinski definition) is 5. The number of benzene rings is 1. The van der Waals surface area contributed by atoms with Crippen molar-refractivity contribution >= 4 is 23.9 Å². The van der Waals surface area contributed by atoms with Crippen LogP contribution in [0.4, 0.5) is 19.0 Å². The Morgan fingerprint density at radius 1 is 1.23 bits per heavy atom. The van der Waals surface area contributed by atoms with Gasteiger partial charge in [-0.05, 0) is 37.3 Å². The zero-order valence-corrected chi connectivity index (χ0v) is 17.5. The van der Waals surface area contributed by atoms with E-state index in [4.69, 9.17) is 12.2 Å². The molecular weight excluding hydrogens is 429 g/mol. The van der Waals surface area contributed by atoms with Crippen LogP contribution in [0.1, 0.15) is 17.5 Å². The molecule has 1 amide bonds. The summed E-state index contributed by atoms with van der Waals surface area (Å²) in [5.74, 6) is 0.118. The van der Waals surface area contributed by atoms with Crippen LogP contribution in [0.5, 0.6) is 0 Å². The highest BCUT2D eigenvalue weighted by molar-refractivity contribution is 7.71. The average Bonchev–Trinajstić information content (AvgIpc) is 3.09. The molecule has 0 atom stereocenters. The minimum atomic E-state index is -4.50. The number of nitrogens with one attached hydrogen (secondary N) is 3. The van der Waals surface area contributed by atoms with Gasteiger partial charge in [-0.3, -0.25) is 14.5 Å². The van der Waals surface area contributed by atoms with Crippen molar-refractivity contribution in [2.75, 3.05) is 18.4 Å². The molecular formula is C20H21F3N6OS. The topological polar surface area (TPSA) is 87.6 Å². The molecule has 0 aliphatic heterocycles. The molecule has 0 radical (unpaired) electrons. The first-order valence-electron chi connectivity index (χ1n) is 9.51. The molecule has 3 N–H and O–H groups in total. The third kappa shape index (κ3) is 5.91. The molecule has 1 aromatic carbocycles. The smallest absolute Gasteiger partial charge is 0.368 e. The van der Waals surface area contributed by atoms with Crippen molar-refractivity contribution in [2.24, 2.45) is 0 Å². The molecule has 2 heterocycles. The molecule has 7 nitrogen and oxygen atoms in total. The molecule has 11 heteroatoms. The summed E-state index contributed by atoms with van der Waals surface area (Å²) in [6.07, 6.45) is -3.08. The van der Waals surface area contributed by atoms with Crippen molar-refractivity contribution in [1.29, 1.82) is 0 Å². The number of alkyl halides is 3. The van der Waals surface area contributed by atoms with Crippen molar-refractivity contribution < 1.29 is 18.0 Å². The van der Waals surface area contributed by atoms with Gasteiger partial charge in [0, 0.05) is 37.8 Å². The summed E-state index contributed by atoms with van der Waals surface area (Å²) in [5.41, 5.74) is 1.11. The highest BCUT2D eigenvalue weighted by Gasteiger charge is 2.33. The molecule has 164 valence electrons. The number of aryl methyl sites for hydroxylation is 1. The van der Waals surface area contributed by atoms with E-state index in [-0.39, 0.29) is 31.2 Å². The molecule has 0 aliphatic carbocycles. The van der Waals surface area contributed by atoms with Gasteiger partial charge in [0.1, 0.15) is 5.82 Å². The summed E-state index contributed by atoms with van der Waals surface area (Å²) in [4.78, 5) is 15.9. The molecule has 0 spiro atoms. The van der Waals surface area contributed by atoms with E-state index in [9.17, 15) is 18.0 Å². The van der Waals surface area contributed by atoms with Crippen LogP contribution < -0.4 is 10.6 Å². The van der Waals surface area contributed by atoms with Gasteiger partial charge in [-0.1, -0.05) is 23.8 Å². The Morgan fingerprint density at radius 2 is 2.03 bits per heavy atom. The van der Waals surface area contributed by atoms with Gasteiger partial charge < -0.3 is 10.6 Å².